The third-order valence-corrected chi connectivity index (χ3v) is 4.37. The molecule has 0 aromatic heterocycles. The molecule has 2 fully saturated rings. The van der Waals surface area contributed by atoms with Crippen LogP contribution in [0.3, 0.4) is 0 Å². The summed E-state index contributed by atoms with van der Waals surface area (Å²) >= 11 is 0. The Hall–Kier alpha value is -1.06. The lowest BCUT2D eigenvalue weighted by Crippen LogP contribution is -2.60. The lowest BCUT2D eigenvalue weighted by Gasteiger charge is -2.40. The minimum atomic E-state index is -0.436. The van der Waals surface area contributed by atoms with Gasteiger partial charge in [-0.3, -0.25) is 9.59 Å². The van der Waals surface area contributed by atoms with E-state index < -0.39 is 5.91 Å². The van der Waals surface area contributed by atoms with Crippen molar-refractivity contribution in [3.63, 3.8) is 0 Å². The lowest BCUT2D eigenvalue weighted by molar-refractivity contribution is -0.152. The maximum atomic E-state index is 12.2. The first-order valence-corrected chi connectivity index (χ1v) is 7.95. The van der Waals surface area contributed by atoms with Gasteiger partial charge in [0, 0.05) is 19.1 Å². The molecule has 0 spiro atoms. The molecule has 0 radical (unpaired) electrons. The fraction of sp³-hybridized carbons (Fsp3) is 0.875. The van der Waals surface area contributed by atoms with Gasteiger partial charge >= 0.3 is 11.8 Å². The number of nitrogens with zero attached hydrogens (tertiary/aromatic N) is 1. The quantitative estimate of drug-likeness (QED) is 0.807. The van der Waals surface area contributed by atoms with Crippen molar-refractivity contribution < 1.29 is 9.59 Å². The van der Waals surface area contributed by atoms with E-state index in [0.717, 1.165) is 12.3 Å². The van der Waals surface area contributed by atoms with E-state index in [9.17, 15) is 9.59 Å². The fourth-order valence-electron chi connectivity index (χ4n) is 3.42. The van der Waals surface area contributed by atoms with Gasteiger partial charge < -0.3 is 10.2 Å². The van der Waals surface area contributed by atoms with Crippen molar-refractivity contribution in [2.45, 2.75) is 65.3 Å². The minimum Gasteiger partial charge on any atom is -0.346 e. The van der Waals surface area contributed by atoms with E-state index in [1.165, 1.54) is 32.1 Å². The number of rotatable bonds is 3. The molecule has 1 saturated carbocycles. The predicted molar refractivity (Wildman–Crippen MR) is 79.2 cm³/mol. The standard InChI is InChI=1S/C16H28N2O2/c1-16(2,3)11-18-13(10-17-14(19)15(18)20)9-12-7-5-4-6-8-12/h12-13H,4-11H2,1-3H3,(H,17,19)/t13-/m0/s1. The Morgan fingerprint density at radius 3 is 2.40 bits per heavy atom. The summed E-state index contributed by atoms with van der Waals surface area (Å²) in [4.78, 5) is 25.6. The van der Waals surface area contributed by atoms with Crippen LogP contribution < -0.4 is 5.32 Å². The third kappa shape index (κ3) is 3.97. The van der Waals surface area contributed by atoms with Crippen LogP contribution in [0.5, 0.6) is 0 Å². The molecule has 0 unspecified atom stereocenters. The van der Waals surface area contributed by atoms with Crippen LogP contribution in [0.1, 0.15) is 59.3 Å². The molecule has 1 N–H and O–H groups in total. The Morgan fingerprint density at radius 1 is 1.15 bits per heavy atom. The van der Waals surface area contributed by atoms with E-state index in [1.807, 2.05) is 4.90 Å². The van der Waals surface area contributed by atoms with Crippen LogP contribution >= 0.6 is 0 Å². The van der Waals surface area contributed by atoms with Gasteiger partial charge in [0.2, 0.25) is 0 Å². The van der Waals surface area contributed by atoms with Gasteiger partial charge in [0.15, 0.2) is 0 Å². The first kappa shape index (κ1) is 15.3. The third-order valence-electron chi connectivity index (χ3n) is 4.37. The lowest BCUT2D eigenvalue weighted by atomic mass is 9.83. The summed E-state index contributed by atoms with van der Waals surface area (Å²) in [6.45, 7) is 7.63. The summed E-state index contributed by atoms with van der Waals surface area (Å²) in [5.74, 6) is -0.0554. The van der Waals surface area contributed by atoms with Gasteiger partial charge in [-0.15, -0.1) is 0 Å². The number of carbonyl (C=O) groups excluding carboxylic acids is 2. The Balaban J connectivity index is 2.03. The van der Waals surface area contributed by atoms with Gasteiger partial charge in [-0.2, -0.15) is 0 Å². The molecule has 1 saturated heterocycles. The molecular formula is C16H28N2O2. The number of piperazine rings is 1. The van der Waals surface area contributed by atoms with Crippen LogP contribution in [0.2, 0.25) is 0 Å². The van der Waals surface area contributed by atoms with Gasteiger partial charge in [-0.25, -0.2) is 0 Å². The van der Waals surface area contributed by atoms with Crippen molar-refractivity contribution in [2.75, 3.05) is 13.1 Å². The summed E-state index contributed by atoms with van der Waals surface area (Å²) in [7, 11) is 0. The van der Waals surface area contributed by atoms with Crippen LogP contribution in [0.4, 0.5) is 0 Å². The monoisotopic (exact) mass is 280 g/mol. The average molecular weight is 280 g/mol. The molecule has 0 bridgehead atoms. The van der Waals surface area contributed by atoms with Gasteiger partial charge in [-0.05, 0) is 17.8 Å². The first-order chi connectivity index (χ1) is 9.37. The van der Waals surface area contributed by atoms with Gasteiger partial charge in [0.05, 0.1) is 0 Å². The highest BCUT2D eigenvalue weighted by molar-refractivity contribution is 6.35. The summed E-state index contributed by atoms with van der Waals surface area (Å²) in [5, 5.41) is 2.76. The van der Waals surface area contributed by atoms with Crippen LogP contribution in [0, 0.1) is 11.3 Å². The number of hydrogen-bond acceptors (Lipinski definition) is 2. The highest BCUT2D eigenvalue weighted by atomic mass is 16.2. The largest absolute Gasteiger partial charge is 0.346 e. The maximum Gasteiger partial charge on any atom is 0.312 e. The number of amides is 2. The maximum absolute atomic E-state index is 12.2. The van der Waals surface area contributed by atoms with Crippen LogP contribution in [0.15, 0.2) is 0 Å². The second-order valence-electron chi connectivity index (χ2n) is 7.60. The molecule has 20 heavy (non-hydrogen) atoms. The Kier molecular flexibility index (Phi) is 4.71. The summed E-state index contributed by atoms with van der Waals surface area (Å²) in [6, 6.07) is 0.183. The van der Waals surface area contributed by atoms with Crippen molar-refractivity contribution in [3.8, 4) is 0 Å². The van der Waals surface area contributed by atoms with Gasteiger partial charge in [0.25, 0.3) is 0 Å². The normalized spacial score (nSPS) is 25.8. The molecule has 1 aliphatic heterocycles. The molecule has 114 valence electrons. The molecule has 2 amide bonds. The van der Waals surface area contributed by atoms with Gasteiger partial charge in [-0.1, -0.05) is 52.9 Å². The predicted octanol–water partition coefficient (Wildman–Crippen LogP) is 2.33. The van der Waals surface area contributed by atoms with Crippen molar-refractivity contribution in [3.05, 3.63) is 0 Å². The highest BCUT2D eigenvalue weighted by Gasteiger charge is 2.37. The Labute approximate surface area is 122 Å². The Bertz CT molecular complexity index is 367. The Morgan fingerprint density at radius 2 is 1.80 bits per heavy atom. The molecule has 2 rings (SSSR count). The first-order valence-electron chi connectivity index (χ1n) is 7.95. The van der Waals surface area contributed by atoms with Gasteiger partial charge in [0.1, 0.15) is 0 Å². The molecular weight excluding hydrogens is 252 g/mol. The molecule has 1 heterocycles. The second-order valence-corrected chi connectivity index (χ2v) is 7.60. The molecule has 4 nitrogen and oxygen atoms in total. The average Bonchev–Trinajstić information content (AvgIpc) is 2.38. The molecule has 4 heteroatoms. The number of carbonyl (C=O) groups is 2. The van der Waals surface area contributed by atoms with E-state index in [4.69, 9.17) is 0 Å². The van der Waals surface area contributed by atoms with Crippen molar-refractivity contribution in [1.29, 1.82) is 0 Å². The van der Waals surface area contributed by atoms with E-state index in [1.54, 1.807) is 0 Å². The summed E-state index contributed by atoms with van der Waals surface area (Å²) < 4.78 is 0. The molecule has 1 aliphatic carbocycles. The fourth-order valence-corrected chi connectivity index (χ4v) is 3.42. The summed E-state index contributed by atoms with van der Waals surface area (Å²) in [5.41, 5.74) is 0.0259. The van der Waals surface area contributed by atoms with Crippen LogP contribution in [0.25, 0.3) is 0 Å². The smallest absolute Gasteiger partial charge is 0.312 e. The topological polar surface area (TPSA) is 49.4 Å². The van der Waals surface area contributed by atoms with E-state index in [-0.39, 0.29) is 17.4 Å². The van der Waals surface area contributed by atoms with Crippen molar-refractivity contribution in [2.24, 2.45) is 11.3 Å². The molecule has 0 aromatic carbocycles. The molecule has 1 atom stereocenters. The van der Waals surface area contributed by atoms with Crippen molar-refractivity contribution >= 4 is 11.8 Å². The van der Waals surface area contributed by atoms with E-state index >= 15 is 0 Å². The number of hydrogen-bond donors (Lipinski definition) is 1. The molecule has 0 aromatic rings. The zero-order valence-corrected chi connectivity index (χ0v) is 13.1. The van der Waals surface area contributed by atoms with Crippen LogP contribution in [-0.4, -0.2) is 35.8 Å². The highest BCUT2D eigenvalue weighted by Crippen LogP contribution is 2.30. The number of nitrogens with one attached hydrogen (secondary N) is 1. The second kappa shape index (κ2) is 6.15. The molecule has 2 aliphatic rings. The van der Waals surface area contributed by atoms with Crippen molar-refractivity contribution in [1.82, 2.24) is 10.2 Å². The van der Waals surface area contributed by atoms with E-state index in [2.05, 4.69) is 26.1 Å². The summed E-state index contributed by atoms with van der Waals surface area (Å²) in [6.07, 6.45) is 7.59. The minimum absolute atomic E-state index is 0.0259. The van der Waals surface area contributed by atoms with E-state index in [0.29, 0.717) is 13.1 Å². The zero-order valence-electron chi connectivity index (χ0n) is 13.1. The SMILES string of the molecule is CC(C)(C)CN1C(=O)C(=O)NC[C@@H]1CC1CCCCC1. The zero-order chi connectivity index (χ0) is 14.8. The van der Waals surface area contributed by atoms with Crippen LogP contribution in [-0.2, 0) is 9.59 Å².